The normalized spacial score (nSPS) is 28.1. The van der Waals surface area contributed by atoms with E-state index in [0.29, 0.717) is 0 Å². The summed E-state index contributed by atoms with van der Waals surface area (Å²) in [7, 11) is 1.61. The van der Waals surface area contributed by atoms with Gasteiger partial charge in [0.15, 0.2) is 0 Å². The van der Waals surface area contributed by atoms with Gasteiger partial charge in [0, 0.05) is 10.9 Å². The van der Waals surface area contributed by atoms with Crippen LogP contribution in [0.15, 0.2) is 22.4 Å². The summed E-state index contributed by atoms with van der Waals surface area (Å²) in [5, 5.41) is 0. The molecule has 0 aromatic carbocycles. The highest BCUT2D eigenvalue weighted by molar-refractivity contribution is 9.11. The van der Waals surface area contributed by atoms with Crippen LogP contribution in [0.2, 0.25) is 0 Å². The lowest BCUT2D eigenvalue weighted by atomic mass is 10.1. The van der Waals surface area contributed by atoms with Gasteiger partial charge in [0.2, 0.25) is 0 Å². The second-order valence-electron chi connectivity index (χ2n) is 4.00. The molecule has 1 fully saturated rings. The zero-order valence-corrected chi connectivity index (χ0v) is 10.2. The fourth-order valence-electron chi connectivity index (χ4n) is 1.64. The molecule has 2 aliphatic rings. The topological polar surface area (TPSA) is 18.5 Å². The molecule has 0 aliphatic heterocycles. The van der Waals surface area contributed by atoms with E-state index in [-0.39, 0.29) is 6.10 Å². The van der Waals surface area contributed by atoms with Crippen molar-refractivity contribution in [3.8, 4) is 0 Å². The minimum absolute atomic E-state index is 0.130. The lowest BCUT2D eigenvalue weighted by Crippen LogP contribution is -2.28. The Hall–Kier alpha value is -0.350. The Bertz CT molecular complexity index is 308. The van der Waals surface area contributed by atoms with E-state index in [0.717, 1.165) is 29.5 Å². The predicted octanol–water partition coefficient (Wildman–Crippen LogP) is 3.09. The molecular formula is C11H14BrFO2. The molecule has 15 heavy (non-hydrogen) atoms. The van der Waals surface area contributed by atoms with Crippen LogP contribution >= 0.6 is 15.9 Å². The number of halogens is 2. The van der Waals surface area contributed by atoms with Gasteiger partial charge in [-0.25, -0.2) is 4.39 Å². The maximum absolute atomic E-state index is 12.7. The first-order chi connectivity index (χ1) is 7.19. The van der Waals surface area contributed by atoms with Crippen molar-refractivity contribution in [2.75, 3.05) is 13.8 Å². The lowest BCUT2D eigenvalue weighted by Gasteiger charge is -2.25. The molecule has 2 nitrogen and oxygen atoms in total. The number of alkyl halides is 1. The van der Waals surface area contributed by atoms with Crippen LogP contribution in [0, 0.1) is 0 Å². The Morgan fingerprint density at radius 3 is 2.87 bits per heavy atom. The van der Waals surface area contributed by atoms with Gasteiger partial charge < -0.3 is 9.47 Å². The number of rotatable bonds is 4. The number of allylic oxidation sites excluding steroid dienone is 2. The molecule has 1 unspecified atom stereocenters. The summed E-state index contributed by atoms with van der Waals surface area (Å²) >= 11 is 3.38. The molecular weight excluding hydrogens is 263 g/mol. The Morgan fingerprint density at radius 2 is 2.33 bits per heavy atom. The summed E-state index contributed by atoms with van der Waals surface area (Å²) in [4.78, 5) is 0. The second-order valence-corrected chi connectivity index (χ2v) is 4.91. The smallest absolute Gasteiger partial charge is 0.126 e. The van der Waals surface area contributed by atoms with E-state index in [4.69, 9.17) is 9.47 Å². The number of hydrogen-bond donors (Lipinski definition) is 0. The highest BCUT2D eigenvalue weighted by Gasteiger charge is 2.46. The molecule has 2 rings (SSSR count). The van der Waals surface area contributed by atoms with E-state index in [1.54, 1.807) is 7.11 Å². The third-order valence-corrected chi connectivity index (χ3v) is 3.36. The van der Waals surface area contributed by atoms with Crippen molar-refractivity contribution in [3.63, 3.8) is 0 Å². The zero-order valence-electron chi connectivity index (χ0n) is 8.63. The molecule has 0 amide bonds. The summed E-state index contributed by atoms with van der Waals surface area (Å²) < 4.78 is 24.7. The van der Waals surface area contributed by atoms with Gasteiger partial charge in [-0.3, -0.25) is 0 Å². The van der Waals surface area contributed by atoms with Crippen molar-refractivity contribution in [2.24, 2.45) is 0 Å². The third kappa shape index (κ3) is 2.42. The quantitative estimate of drug-likeness (QED) is 0.786. The van der Waals surface area contributed by atoms with Crippen LogP contribution in [0.3, 0.4) is 0 Å². The maximum Gasteiger partial charge on any atom is 0.126 e. The van der Waals surface area contributed by atoms with Crippen LogP contribution in [-0.4, -0.2) is 25.5 Å². The summed E-state index contributed by atoms with van der Waals surface area (Å²) in [6.07, 6.45) is 6.14. The molecule has 0 saturated heterocycles. The van der Waals surface area contributed by atoms with E-state index >= 15 is 0 Å². The van der Waals surface area contributed by atoms with Crippen LogP contribution in [0.4, 0.5) is 4.39 Å². The molecule has 84 valence electrons. The molecule has 2 aliphatic carbocycles. The molecule has 0 aromatic heterocycles. The highest BCUT2D eigenvalue weighted by atomic mass is 79.9. The van der Waals surface area contributed by atoms with Crippen LogP contribution in [-0.2, 0) is 9.47 Å². The first-order valence-corrected chi connectivity index (χ1v) is 5.83. The molecule has 0 radical (unpaired) electrons. The Kier molecular flexibility index (Phi) is 3.16. The first kappa shape index (κ1) is 11.1. The van der Waals surface area contributed by atoms with E-state index in [1.807, 2.05) is 12.2 Å². The van der Waals surface area contributed by atoms with E-state index in [2.05, 4.69) is 15.9 Å². The van der Waals surface area contributed by atoms with Crippen molar-refractivity contribution < 1.29 is 13.9 Å². The lowest BCUT2D eigenvalue weighted by molar-refractivity contribution is -0.0440. The molecule has 0 aromatic rings. The van der Waals surface area contributed by atoms with Gasteiger partial charge in [-0.15, -0.1) is 0 Å². The first-order valence-electron chi connectivity index (χ1n) is 5.04. The van der Waals surface area contributed by atoms with E-state index in [9.17, 15) is 4.39 Å². The fourth-order valence-corrected chi connectivity index (χ4v) is 2.06. The van der Waals surface area contributed by atoms with Crippen molar-refractivity contribution in [3.05, 3.63) is 22.4 Å². The van der Waals surface area contributed by atoms with Gasteiger partial charge in [-0.1, -0.05) is 22.0 Å². The summed E-state index contributed by atoms with van der Waals surface area (Å²) in [5.74, 6) is 0.768. The molecule has 4 heteroatoms. The summed E-state index contributed by atoms with van der Waals surface area (Å²) in [6, 6.07) is 0. The van der Waals surface area contributed by atoms with Crippen molar-refractivity contribution >= 4 is 15.9 Å². The minimum Gasteiger partial charge on any atom is -0.498 e. The van der Waals surface area contributed by atoms with Crippen LogP contribution in [0.5, 0.6) is 0 Å². The number of hydrogen-bond acceptors (Lipinski definition) is 2. The molecule has 1 atom stereocenters. The van der Waals surface area contributed by atoms with Gasteiger partial charge in [-0.2, -0.15) is 0 Å². The van der Waals surface area contributed by atoms with E-state index in [1.165, 1.54) is 0 Å². The Morgan fingerprint density at radius 1 is 1.60 bits per heavy atom. The Balaban J connectivity index is 2.02. The van der Waals surface area contributed by atoms with Gasteiger partial charge in [-0.05, 0) is 18.9 Å². The van der Waals surface area contributed by atoms with E-state index < -0.39 is 12.3 Å². The SMILES string of the molecule is COC1=CC(Br)=CCC1OC1(CF)CC1. The number of ether oxygens (including phenoxy) is 2. The highest BCUT2D eigenvalue weighted by Crippen LogP contribution is 2.43. The van der Waals surface area contributed by atoms with Gasteiger partial charge >= 0.3 is 0 Å². The average Bonchev–Trinajstić information content (AvgIpc) is 3.01. The van der Waals surface area contributed by atoms with Crippen LogP contribution < -0.4 is 0 Å². The molecule has 0 heterocycles. The van der Waals surface area contributed by atoms with Crippen molar-refractivity contribution in [2.45, 2.75) is 31.0 Å². The second kappa shape index (κ2) is 4.26. The van der Waals surface area contributed by atoms with Crippen molar-refractivity contribution in [1.29, 1.82) is 0 Å². The van der Waals surface area contributed by atoms with Crippen LogP contribution in [0.25, 0.3) is 0 Å². The zero-order chi connectivity index (χ0) is 10.9. The van der Waals surface area contributed by atoms with Gasteiger partial charge in [0.25, 0.3) is 0 Å². The predicted molar refractivity (Wildman–Crippen MR) is 59.5 cm³/mol. The fraction of sp³-hybridized carbons (Fsp3) is 0.636. The minimum atomic E-state index is -0.514. The molecule has 0 bridgehead atoms. The monoisotopic (exact) mass is 276 g/mol. The summed E-state index contributed by atoms with van der Waals surface area (Å²) in [5.41, 5.74) is -0.514. The van der Waals surface area contributed by atoms with Crippen molar-refractivity contribution in [1.82, 2.24) is 0 Å². The largest absolute Gasteiger partial charge is 0.498 e. The molecule has 0 N–H and O–H groups in total. The summed E-state index contributed by atoms with van der Waals surface area (Å²) in [6.45, 7) is -0.397. The average molecular weight is 277 g/mol. The molecule has 1 saturated carbocycles. The van der Waals surface area contributed by atoms with Gasteiger partial charge in [0.1, 0.15) is 18.5 Å². The van der Waals surface area contributed by atoms with Gasteiger partial charge in [0.05, 0.1) is 12.7 Å². The standard InChI is InChI=1S/C11H14BrFO2/c1-14-10-6-8(12)2-3-9(10)15-11(7-13)4-5-11/h2,6,9H,3-5,7H2,1H3. The maximum atomic E-state index is 12.7. The number of methoxy groups -OCH3 is 1. The third-order valence-electron chi connectivity index (χ3n) is 2.80. The Labute approximate surface area is 97.3 Å². The van der Waals surface area contributed by atoms with Crippen LogP contribution in [0.1, 0.15) is 19.3 Å². The molecule has 0 spiro atoms.